The summed E-state index contributed by atoms with van der Waals surface area (Å²) in [6, 6.07) is 1.67. The van der Waals surface area contributed by atoms with Gasteiger partial charge in [0.05, 0.1) is 0 Å². The molecule has 0 unspecified atom stereocenters. The molecule has 0 spiro atoms. The molecule has 2 heterocycles. The molecule has 0 radical (unpaired) electrons. The lowest BCUT2D eigenvalue weighted by molar-refractivity contribution is 0.102. The van der Waals surface area contributed by atoms with Gasteiger partial charge in [0.15, 0.2) is 0 Å². The highest BCUT2D eigenvalue weighted by Gasteiger charge is 2.08. The molecule has 14 heavy (non-hydrogen) atoms. The number of anilines is 1. The van der Waals surface area contributed by atoms with Gasteiger partial charge in [-0.15, -0.1) is 0 Å². The minimum atomic E-state index is -0.271. The Kier molecular flexibility index (Phi) is 2.32. The predicted molar refractivity (Wildman–Crippen MR) is 52.8 cm³/mol. The molecular weight excluding hydrogens is 250 g/mol. The van der Waals surface area contributed by atoms with Gasteiger partial charge in [-0.2, -0.15) is 10.1 Å². The molecular formula is C7H6BrN5O. The van der Waals surface area contributed by atoms with E-state index in [1.54, 1.807) is 12.3 Å². The minimum Gasteiger partial charge on any atom is -0.356 e. The van der Waals surface area contributed by atoms with Crippen LogP contribution in [0.1, 0.15) is 10.5 Å². The molecule has 0 atom stereocenters. The Labute approximate surface area is 87.3 Å². The SMILES string of the molecule is O=C(Nc1ncn[nH]1)c1cc(Br)c[nH]1. The van der Waals surface area contributed by atoms with Crippen LogP contribution in [-0.2, 0) is 0 Å². The zero-order valence-electron chi connectivity index (χ0n) is 6.91. The lowest BCUT2D eigenvalue weighted by Gasteiger charge is -1.96. The van der Waals surface area contributed by atoms with Crippen LogP contribution in [0.3, 0.4) is 0 Å². The maximum Gasteiger partial charge on any atom is 0.274 e. The van der Waals surface area contributed by atoms with Gasteiger partial charge in [0.1, 0.15) is 12.0 Å². The topological polar surface area (TPSA) is 86.5 Å². The zero-order valence-corrected chi connectivity index (χ0v) is 8.50. The average molecular weight is 256 g/mol. The van der Waals surface area contributed by atoms with E-state index in [4.69, 9.17) is 0 Å². The van der Waals surface area contributed by atoms with E-state index in [-0.39, 0.29) is 5.91 Å². The summed E-state index contributed by atoms with van der Waals surface area (Å²) in [5, 5.41) is 8.66. The van der Waals surface area contributed by atoms with Crippen LogP contribution in [0.25, 0.3) is 0 Å². The third-order valence-electron chi connectivity index (χ3n) is 1.54. The molecule has 2 aromatic rings. The number of halogens is 1. The predicted octanol–water partition coefficient (Wildman–Crippen LogP) is 1.15. The van der Waals surface area contributed by atoms with Gasteiger partial charge in [-0.25, -0.2) is 5.10 Å². The maximum absolute atomic E-state index is 11.5. The fourth-order valence-corrected chi connectivity index (χ4v) is 1.28. The Hall–Kier alpha value is -1.63. The van der Waals surface area contributed by atoms with Crippen molar-refractivity contribution in [3.8, 4) is 0 Å². The van der Waals surface area contributed by atoms with Crippen LogP contribution < -0.4 is 5.32 Å². The Morgan fingerprint density at radius 2 is 2.43 bits per heavy atom. The number of hydrogen-bond donors (Lipinski definition) is 3. The Balaban J connectivity index is 2.10. The second kappa shape index (κ2) is 3.62. The van der Waals surface area contributed by atoms with Crippen molar-refractivity contribution >= 4 is 27.8 Å². The molecule has 0 aliphatic rings. The van der Waals surface area contributed by atoms with Crippen LogP contribution >= 0.6 is 15.9 Å². The average Bonchev–Trinajstić information content (AvgIpc) is 2.75. The molecule has 2 rings (SSSR count). The summed E-state index contributed by atoms with van der Waals surface area (Å²) in [6.07, 6.45) is 3.00. The number of aromatic nitrogens is 4. The first kappa shape index (κ1) is 8.95. The lowest BCUT2D eigenvalue weighted by Crippen LogP contribution is -2.13. The summed E-state index contributed by atoms with van der Waals surface area (Å²) in [6.45, 7) is 0. The first-order valence-electron chi connectivity index (χ1n) is 3.76. The summed E-state index contributed by atoms with van der Waals surface area (Å²) in [4.78, 5) is 18.0. The highest BCUT2D eigenvalue weighted by Crippen LogP contribution is 2.11. The summed E-state index contributed by atoms with van der Waals surface area (Å²) in [7, 11) is 0. The van der Waals surface area contributed by atoms with Gasteiger partial charge in [0, 0.05) is 10.7 Å². The molecule has 1 amide bonds. The molecule has 7 heteroatoms. The van der Waals surface area contributed by atoms with Crippen molar-refractivity contribution in [1.29, 1.82) is 0 Å². The summed E-state index contributed by atoms with van der Waals surface area (Å²) < 4.78 is 0.820. The Morgan fingerprint density at radius 3 is 3.00 bits per heavy atom. The van der Waals surface area contributed by atoms with Crippen molar-refractivity contribution in [3.63, 3.8) is 0 Å². The van der Waals surface area contributed by atoms with Crippen LogP contribution in [0.15, 0.2) is 23.1 Å². The zero-order chi connectivity index (χ0) is 9.97. The highest BCUT2D eigenvalue weighted by molar-refractivity contribution is 9.10. The van der Waals surface area contributed by atoms with Crippen molar-refractivity contribution in [2.45, 2.75) is 0 Å². The van der Waals surface area contributed by atoms with E-state index in [0.717, 1.165) is 4.47 Å². The van der Waals surface area contributed by atoms with E-state index < -0.39 is 0 Å². The quantitative estimate of drug-likeness (QED) is 0.753. The molecule has 2 aromatic heterocycles. The van der Waals surface area contributed by atoms with E-state index in [1.165, 1.54) is 6.33 Å². The molecule has 0 saturated heterocycles. The number of nitrogens with one attached hydrogen (secondary N) is 3. The van der Waals surface area contributed by atoms with Crippen molar-refractivity contribution in [3.05, 3.63) is 28.8 Å². The van der Waals surface area contributed by atoms with Gasteiger partial charge in [0.25, 0.3) is 5.91 Å². The molecule has 0 bridgehead atoms. The van der Waals surface area contributed by atoms with E-state index in [9.17, 15) is 4.79 Å². The Morgan fingerprint density at radius 1 is 1.57 bits per heavy atom. The molecule has 0 saturated carbocycles. The third-order valence-corrected chi connectivity index (χ3v) is 2.00. The maximum atomic E-state index is 11.5. The van der Waals surface area contributed by atoms with Crippen LogP contribution in [-0.4, -0.2) is 26.1 Å². The number of hydrogen-bond acceptors (Lipinski definition) is 3. The number of carbonyl (C=O) groups is 1. The molecule has 0 aliphatic carbocycles. The van der Waals surface area contributed by atoms with Crippen molar-refractivity contribution in [1.82, 2.24) is 20.2 Å². The smallest absolute Gasteiger partial charge is 0.274 e. The number of rotatable bonds is 2. The van der Waals surface area contributed by atoms with Crippen LogP contribution in [0.4, 0.5) is 5.95 Å². The van der Waals surface area contributed by atoms with Crippen molar-refractivity contribution < 1.29 is 4.79 Å². The van der Waals surface area contributed by atoms with Gasteiger partial charge in [-0.3, -0.25) is 10.1 Å². The van der Waals surface area contributed by atoms with Gasteiger partial charge >= 0.3 is 0 Å². The first-order chi connectivity index (χ1) is 6.75. The van der Waals surface area contributed by atoms with Gasteiger partial charge in [-0.1, -0.05) is 0 Å². The molecule has 6 nitrogen and oxygen atoms in total. The molecule has 0 fully saturated rings. The molecule has 72 valence electrons. The normalized spacial score (nSPS) is 10.1. The number of nitrogens with zero attached hydrogens (tertiary/aromatic N) is 2. The fraction of sp³-hybridized carbons (Fsp3) is 0. The number of amides is 1. The van der Waals surface area contributed by atoms with E-state index in [2.05, 4.69) is 41.4 Å². The van der Waals surface area contributed by atoms with Gasteiger partial charge in [-0.05, 0) is 22.0 Å². The van der Waals surface area contributed by atoms with Crippen LogP contribution in [0, 0.1) is 0 Å². The number of H-pyrrole nitrogens is 2. The summed E-state index contributed by atoms with van der Waals surface area (Å²) >= 11 is 3.23. The van der Waals surface area contributed by atoms with Crippen molar-refractivity contribution in [2.24, 2.45) is 0 Å². The van der Waals surface area contributed by atoms with Crippen LogP contribution in [0.2, 0.25) is 0 Å². The van der Waals surface area contributed by atoms with Gasteiger partial charge in [0.2, 0.25) is 5.95 Å². The molecule has 3 N–H and O–H groups in total. The Bertz CT molecular complexity index is 435. The first-order valence-corrected chi connectivity index (χ1v) is 4.55. The van der Waals surface area contributed by atoms with Crippen molar-refractivity contribution in [2.75, 3.05) is 5.32 Å². The number of aromatic amines is 2. The van der Waals surface area contributed by atoms with Gasteiger partial charge < -0.3 is 4.98 Å². The van der Waals surface area contributed by atoms with E-state index >= 15 is 0 Å². The highest BCUT2D eigenvalue weighted by atomic mass is 79.9. The summed E-state index contributed by atoms with van der Waals surface area (Å²) in [5.74, 6) is 0.0492. The van der Waals surface area contributed by atoms with E-state index in [1.807, 2.05) is 0 Å². The second-order valence-electron chi connectivity index (χ2n) is 2.52. The standard InChI is InChI=1S/C7H6BrN5O/c8-4-1-5(9-2-4)6(14)12-7-10-3-11-13-7/h1-3,9H,(H2,10,11,12,13,14). The number of carbonyl (C=O) groups excluding carboxylic acids is 1. The van der Waals surface area contributed by atoms with Crippen LogP contribution in [0.5, 0.6) is 0 Å². The fourth-order valence-electron chi connectivity index (χ4n) is 0.940. The molecule has 0 aliphatic heterocycles. The monoisotopic (exact) mass is 255 g/mol. The lowest BCUT2D eigenvalue weighted by atomic mass is 10.4. The third kappa shape index (κ3) is 1.82. The molecule has 0 aromatic carbocycles. The second-order valence-corrected chi connectivity index (χ2v) is 3.44. The minimum absolute atomic E-state index is 0.271. The largest absolute Gasteiger partial charge is 0.356 e. The summed E-state index contributed by atoms with van der Waals surface area (Å²) in [5.41, 5.74) is 0.452. The van der Waals surface area contributed by atoms with E-state index in [0.29, 0.717) is 11.6 Å².